The Hall–Kier alpha value is -1.81. The van der Waals surface area contributed by atoms with E-state index in [1.807, 2.05) is 12.1 Å². The Morgan fingerprint density at radius 1 is 1.24 bits per heavy atom. The number of nitrogens with zero attached hydrogens (tertiary/aromatic N) is 1. The number of fused-ring (bicyclic) bond motifs is 1. The van der Waals surface area contributed by atoms with E-state index in [9.17, 15) is 4.79 Å². The van der Waals surface area contributed by atoms with Gasteiger partial charge in [0.2, 0.25) is 0 Å². The summed E-state index contributed by atoms with van der Waals surface area (Å²) in [6.45, 7) is 10.5. The van der Waals surface area contributed by atoms with Crippen LogP contribution >= 0.6 is 0 Å². The minimum atomic E-state index is -0.0726. The molecule has 2 N–H and O–H groups in total. The monoisotopic (exact) mass is 396 g/mol. The van der Waals surface area contributed by atoms with Gasteiger partial charge in [-0.15, -0.1) is 0 Å². The predicted octanol–water partition coefficient (Wildman–Crippen LogP) is 4.97. The molecule has 1 aromatic rings. The number of anilines is 1. The lowest BCUT2D eigenvalue weighted by Gasteiger charge is -2.57. The first-order valence-electron chi connectivity index (χ1n) is 11.5. The molecule has 2 unspecified atom stereocenters. The molecule has 158 valence electrons. The molecule has 2 atom stereocenters. The predicted molar refractivity (Wildman–Crippen MR) is 120 cm³/mol. The Morgan fingerprint density at radius 2 is 2.00 bits per heavy atom. The molecule has 0 radical (unpaired) electrons. The van der Waals surface area contributed by atoms with Crippen LogP contribution in [0.4, 0.5) is 10.5 Å². The topological polar surface area (TPSA) is 41.1 Å². The van der Waals surface area contributed by atoms with Crippen LogP contribution in [0.15, 0.2) is 35.9 Å². The van der Waals surface area contributed by atoms with Crippen LogP contribution in [0, 0.1) is 17.3 Å². The van der Waals surface area contributed by atoms with Crippen molar-refractivity contribution in [2.24, 2.45) is 17.3 Å². The van der Waals surface area contributed by atoms with Crippen molar-refractivity contribution in [1.82, 2.24) is 5.32 Å². The van der Waals surface area contributed by atoms with Crippen molar-refractivity contribution in [3.05, 3.63) is 41.5 Å². The molecular weight excluding hydrogens is 358 g/mol. The number of piperidine rings is 1. The summed E-state index contributed by atoms with van der Waals surface area (Å²) in [6.07, 6.45) is 8.33. The van der Waals surface area contributed by atoms with E-state index in [0.29, 0.717) is 5.41 Å². The summed E-state index contributed by atoms with van der Waals surface area (Å²) in [4.78, 5) is 12.4. The molecule has 2 bridgehead atoms. The van der Waals surface area contributed by atoms with Crippen LogP contribution in [0.2, 0.25) is 0 Å². The molecule has 2 amide bonds. The highest BCUT2D eigenvalue weighted by Gasteiger charge is 2.52. The van der Waals surface area contributed by atoms with Gasteiger partial charge >= 0.3 is 6.03 Å². The summed E-state index contributed by atoms with van der Waals surface area (Å²) < 4.78 is 1.13. The summed E-state index contributed by atoms with van der Waals surface area (Å²) in [5, 5.41) is 6.21. The Labute approximate surface area is 176 Å². The van der Waals surface area contributed by atoms with Crippen molar-refractivity contribution in [2.75, 3.05) is 32.0 Å². The Balaban J connectivity index is 1.27. The zero-order chi connectivity index (χ0) is 20.6. The number of rotatable bonds is 5. The van der Waals surface area contributed by atoms with Gasteiger partial charge in [0.25, 0.3) is 0 Å². The third-order valence-corrected chi connectivity index (χ3v) is 8.11. The second-order valence-corrected chi connectivity index (χ2v) is 10.5. The van der Waals surface area contributed by atoms with E-state index in [4.69, 9.17) is 0 Å². The van der Waals surface area contributed by atoms with E-state index in [2.05, 4.69) is 56.7 Å². The number of urea groups is 1. The molecular formula is C25H38N3O+. The van der Waals surface area contributed by atoms with Crippen LogP contribution in [-0.2, 0) is 6.42 Å². The number of amides is 2. The lowest BCUT2D eigenvalue weighted by atomic mass is 9.49. The SMILES string of the molecule is CCc1cccc(NC(=O)NC2CC[N+](C)(CC3=CCC4CC3C4(C)C)CC2)c1. The van der Waals surface area contributed by atoms with Gasteiger partial charge in [0.05, 0.1) is 20.1 Å². The first-order chi connectivity index (χ1) is 13.8. The molecule has 1 saturated heterocycles. The summed E-state index contributed by atoms with van der Waals surface area (Å²) in [7, 11) is 2.41. The van der Waals surface area contributed by atoms with Crippen molar-refractivity contribution in [1.29, 1.82) is 0 Å². The lowest BCUT2D eigenvalue weighted by molar-refractivity contribution is -0.910. The number of aryl methyl sites for hydroxylation is 1. The van der Waals surface area contributed by atoms with Gasteiger partial charge in [-0.1, -0.05) is 39.0 Å². The molecule has 3 aliphatic carbocycles. The number of hydrogen-bond acceptors (Lipinski definition) is 1. The summed E-state index contributed by atoms with van der Waals surface area (Å²) in [5.41, 5.74) is 4.34. The van der Waals surface area contributed by atoms with E-state index in [-0.39, 0.29) is 12.1 Å². The first kappa shape index (κ1) is 20.5. The zero-order valence-electron chi connectivity index (χ0n) is 18.6. The molecule has 1 aromatic carbocycles. The molecule has 1 heterocycles. The number of quaternary nitrogens is 1. The number of likely N-dealkylation sites (N-methyl/N-ethyl adjacent to an activating group) is 1. The minimum Gasteiger partial charge on any atom is -0.335 e. The van der Waals surface area contributed by atoms with Crippen LogP contribution in [0.3, 0.4) is 0 Å². The fraction of sp³-hybridized carbons (Fsp3) is 0.640. The van der Waals surface area contributed by atoms with Gasteiger partial charge in [0.1, 0.15) is 6.54 Å². The van der Waals surface area contributed by atoms with E-state index in [0.717, 1.165) is 54.4 Å². The van der Waals surface area contributed by atoms with Gasteiger partial charge in [0.15, 0.2) is 0 Å². The Morgan fingerprint density at radius 3 is 2.66 bits per heavy atom. The van der Waals surface area contributed by atoms with Gasteiger partial charge in [0, 0.05) is 24.6 Å². The van der Waals surface area contributed by atoms with Crippen molar-refractivity contribution >= 4 is 11.7 Å². The lowest BCUT2D eigenvalue weighted by Crippen LogP contribution is -2.57. The van der Waals surface area contributed by atoms with Crippen LogP contribution in [-0.4, -0.2) is 43.2 Å². The quantitative estimate of drug-likeness (QED) is 0.535. The van der Waals surface area contributed by atoms with Gasteiger partial charge < -0.3 is 15.1 Å². The normalized spacial score (nSPS) is 32.7. The van der Waals surface area contributed by atoms with Crippen molar-refractivity contribution in [2.45, 2.75) is 58.9 Å². The van der Waals surface area contributed by atoms with Crippen LogP contribution in [0.5, 0.6) is 0 Å². The number of carbonyl (C=O) groups excluding carboxylic acids is 1. The smallest absolute Gasteiger partial charge is 0.319 e. The standard InChI is InChI=1S/C25H37N3O/c1-5-18-7-6-8-22(15-18)27-24(29)26-21-11-13-28(4,14-12-21)17-19-9-10-20-16-23(19)25(20,2)3/h6-9,15,20-21,23H,5,10-14,16-17H2,1-4H3,(H-,26,27,29)/p+1. The molecule has 0 spiro atoms. The second-order valence-electron chi connectivity index (χ2n) is 10.5. The highest BCUT2D eigenvalue weighted by Crippen LogP contribution is 2.59. The molecule has 1 aliphatic heterocycles. The van der Waals surface area contributed by atoms with Gasteiger partial charge in [-0.3, -0.25) is 0 Å². The first-order valence-corrected chi connectivity index (χ1v) is 11.5. The number of nitrogens with one attached hydrogen (secondary N) is 2. The number of hydrogen-bond donors (Lipinski definition) is 2. The fourth-order valence-corrected chi connectivity index (χ4v) is 5.81. The minimum absolute atomic E-state index is 0.0726. The van der Waals surface area contributed by atoms with Crippen molar-refractivity contribution in [3.8, 4) is 0 Å². The van der Waals surface area contributed by atoms with E-state index in [1.165, 1.54) is 24.9 Å². The maximum atomic E-state index is 12.4. The number of allylic oxidation sites excluding steroid dienone is 1. The molecule has 0 aromatic heterocycles. The summed E-state index contributed by atoms with van der Waals surface area (Å²) in [5.74, 6) is 1.71. The second kappa shape index (κ2) is 7.79. The third-order valence-electron chi connectivity index (χ3n) is 8.11. The van der Waals surface area contributed by atoms with E-state index in [1.54, 1.807) is 5.57 Å². The fourth-order valence-electron chi connectivity index (χ4n) is 5.81. The zero-order valence-corrected chi connectivity index (χ0v) is 18.6. The average Bonchev–Trinajstić information content (AvgIpc) is 2.70. The number of likely N-dealkylation sites (tertiary alicyclic amines) is 1. The van der Waals surface area contributed by atoms with Crippen molar-refractivity contribution in [3.63, 3.8) is 0 Å². The molecule has 5 rings (SSSR count). The highest BCUT2D eigenvalue weighted by atomic mass is 16.2. The van der Waals surface area contributed by atoms with E-state index >= 15 is 0 Å². The molecule has 4 aliphatic rings. The van der Waals surface area contributed by atoms with Gasteiger partial charge in [-0.05, 0) is 59.8 Å². The Kier molecular flexibility index (Phi) is 5.50. The molecule has 4 nitrogen and oxygen atoms in total. The average molecular weight is 397 g/mol. The van der Waals surface area contributed by atoms with E-state index < -0.39 is 0 Å². The van der Waals surface area contributed by atoms with Gasteiger partial charge in [-0.25, -0.2) is 4.79 Å². The maximum absolute atomic E-state index is 12.4. The molecule has 1 saturated carbocycles. The summed E-state index contributed by atoms with van der Waals surface area (Å²) in [6, 6.07) is 8.31. The van der Waals surface area contributed by atoms with Crippen LogP contribution < -0.4 is 10.6 Å². The van der Waals surface area contributed by atoms with Gasteiger partial charge in [-0.2, -0.15) is 0 Å². The third kappa shape index (κ3) is 4.23. The molecule has 2 fully saturated rings. The highest BCUT2D eigenvalue weighted by molar-refractivity contribution is 5.89. The largest absolute Gasteiger partial charge is 0.335 e. The molecule has 4 heteroatoms. The van der Waals surface area contributed by atoms with Crippen LogP contribution in [0.25, 0.3) is 0 Å². The summed E-state index contributed by atoms with van der Waals surface area (Å²) >= 11 is 0. The number of carbonyl (C=O) groups is 1. The number of benzene rings is 1. The molecule has 29 heavy (non-hydrogen) atoms. The maximum Gasteiger partial charge on any atom is 0.319 e. The van der Waals surface area contributed by atoms with Crippen molar-refractivity contribution < 1.29 is 9.28 Å². The Bertz CT molecular complexity index is 789. The van der Waals surface area contributed by atoms with Crippen LogP contribution in [0.1, 0.15) is 52.0 Å².